The Labute approximate surface area is 138 Å². The van der Waals surface area contributed by atoms with E-state index in [4.69, 9.17) is 4.99 Å². The number of hydrogen-bond acceptors (Lipinski definition) is 2. The number of fused-ring (bicyclic) bond motifs is 1. The van der Waals surface area contributed by atoms with Gasteiger partial charge in [-0.3, -0.25) is 4.99 Å². The number of nitrogens with zero attached hydrogens (tertiary/aromatic N) is 2. The summed E-state index contributed by atoms with van der Waals surface area (Å²) < 4.78 is 0. The quantitative estimate of drug-likeness (QED) is 0.798. The van der Waals surface area contributed by atoms with Crippen LogP contribution in [0.1, 0.15) is 44.7 Å². The lowest BCUT2D eigenvalue weighted by molar-refractivity contribution is 0.265. The monoisotopic (exact) mass is 307 g/mol. The zero-order chi connectivity index (χ0) is 16.0. The molecule has 2 aromatic rings. The van der Waals surface area contributed by atoms with Gasteiger partial charge in [0.25, 0.3) is 0 Å². The van der Waals surface area contributed by atoms with Crippen molar-refractivity contribution in [1.29, 1.82) is 0 Å². The Balaban J connectivity index is 1.80. The number of rotatable bonds is 5. The Kier molecular flexibility index (Phi) is 3.33. The normalized spacial score (nSPS) is 27.0. The standard InChI is InChI=1S/C20H25N3/c1-4-14(2)20(3)19(23(13-22-20)12-15-9-10-15)17-11-21-18-8-6-5-7-16(17)18/h5-8,11,13,15,19,21H,2,4,9-10,12H2,1,3H3. The van der Waals surface area contributed by atoms with E-state index in [9.17, 15) is 0 Å². The molecule has 2 unspecified atom stereocenters. The summed E-state index contributed by atoms with van der Waals surface area (Å²) in [5.74, 6) is 0.839. The largest absolute Gasteiger partial charge is 0.361 e. The number of para-hydroxylation sites is 1. The zero-order valence-corrected chi connectivity index (χ0v) is 14.0. The SMILES string of the molecule is C=C(CC)C1(C)N=CN(CC2CC2)C1c1c[nH]c2ccccc12. The second-order valence-electron chi connectivity index (χ2n) is 7.18. The minimum Gasteiger partial charge on any atom is -0.361 e. The molecule has 2 atom stereocenters. The molecule has 1 N–H and O–H groups in total. The molecule has 3 heteroatoms. The first kappa shape index (κ1) is 14.6. The van der Waals surface area contributed by atoms with E-state index in [0.717, 1.165) is 18.9 Å². The van der Waals surface area contributed by atoms with E-state index in [1.807, 2.05) is 0 Å². The van der Waals surface area contributed by atoms with E-state index >= 15 is 0 Å². The summed E-state index contributed by atoms with van der Waals surface area (Å²) in [7, 11) is 0. The summed E-state index contributed by atoms with van der Waals surface area (Å²) in [4.78, 5) is 10.8. The smallest absolute Gasteiger partial charge is 0.105 e. The molecule has 4 rings (SSSR count). The number of H-pyrrole nitrogens is 1. The van der Waals surface area contributed by atoms with Crippen molar-refractivity contribution in [3.05, 3.63) is 48.2 Å². The molecule has 0 amide bonds. The van der Waals surface area contributed by atoms with Crippen LogP contribution in [0.4, 0.5) is 0 Å². The van der Waals surface area contributed by atoms with Crippen LogP contribution in [0.5, 0.6) is 0 Å². The average Bonchev–Trinajstić information content (AvgIpc) is 3.20. The number of aromatic amines is 1. The summed E-state index contributed by atoms with van der Waals surface area (Å²) in [6.07, 6.45) is 7.92. The van der Waals surface area contributed by atoms with Gasteiger partial charge in [-0.2, -0.15) is 0 Å². The van der Waals surface area contributed by atoms with Gasteiger partial charge in [-0.05, 0) is 43.7 Å². The molecule has 1 aliphatic carbocycles. The molecule has 1 aromatic carbocycles. The number of aromatic nitrogens is 1. The van der Waals surface area contributed by atoms with Crippen molar-refractivity contribution >= 4 is 17.2 Å². The molecule has 1 aromatic heterocycles. The van der Waals surface area contributed by atoms with Crippen LogP contribution in [0.15, 0.2) is 47.6 Å². The van der Waals surface area contributed by atoms with Gasteiger partial charge < -0.3 is 9.88 Å². The lowest BCUT2D eigenvalue weighted by Crippen LogP contribution is -2.38. The van der Waals surface area contributed by atoms with Gasteiger partial charge in [0, 0.05) is 29.2 Å². The van der Waals surface area contributed by atoms with Crippen LogP contribution in [-0.4, -0.2) is 28.3 Å². The van der Waals surface area contributed by atoms with E-state index in [2.05, 4.69) is 67.1 Å². The van der Waals surface area contributed by atoms with Crippen LogP contribution < -0.4 is 0 Å². The van der Waals surface area contributed by atoms with Gasteiger partial charge >= 0.3 is 0 Å². The first-order chi connectivity index (χ1) is 11.1. The zero-order valence-electron chi connectivity index (χ0n) is 14.0. The Hall–Kier alpha value is -2.03. The molecular formula is C20H25N3. The van der Waals surface area contributed by atoms with Gasteiger partial charge in [0.1, 0.15) is 5.54 Å². The van der Waals surface area contributed by atoms with Gasteiger partial charge in [0.05, 0.1) is 12.4 Å². The molecule has 0 radical (unpaired) electrons. The van der Waals surface area contributed by atoms with Crippen LogP contribution in [0.2, 0.25) is 0 Å². The summed E-state index contributed by atoms with van der Waals surface area (Å²) in [5, 5.41) is 1.30. The Morgan fingerprint density at radius 1 is 1.39 bits per heavy atom. The van der Waals surface area contributed by atoms with Gasteiger partial charge in [-0.1, -0.05) is 31.7 Å². The molecule has 3 nitrogen and oxygen atoms in total. The maximum absolute atomic E-state index is 4.93. The highest BCUT2D eigenvalue weighted by molar-refractivity contribution is 5.84. The molecule has 120 valence electrons. The van der Waals surface area contributed by atoms with Crippen LogP contribution in [0.25, 0.3) is 10.9 Å². The van der Waals surface area contributed by atoms with Gasteiger partial charge in [0.2, 0.25) is 0 Å². The maximum Gasteiger partial charge on any atom is 0.105 e. The van der Waals surface area contributed by atoms with Gasteiger partial charge in [0.15, 0.2) is 0 Å². The maximum atomic E-state index is 4.93. The third-order valence-electron chi connectivity index (χ3n) is 5.56. The predicted molar refractivity (Wildman–Crippen MR) is 96.8 cm³/mol. The Morgan fingerprint density at radius 3 is 2.91 bits per heavy atom. The van der Waals surface area contributed by atoms with Crippen molar-refractivity contribution in [3.8, 4) is 0 Å². The van der Waals surface area contributed by atoms with E-state index in [1.165, 1.54) is 34.9 Å². The molecule has 0 saturated heterocycles. The summed E-state index contributed by atoms with van der Waals surface area (Å²) in [5.41, 5.74) is 3.51. The molecule has 1 saturated carbocycles. The Morgan fingerprint density at radius 2 is 2.17 bits per heavy atom. The molecule has 2 heterocycles. The highest BCUT2D eigenvalue weighted by atomic mass is 15.3. The molecular weight excluding hydrogens is 282 g/mol. The molecule has 1 fully saturated rings. The predicted octanol–water partition coefficient (Wildman–Crippen LogP) is 4.69. The first-order valence-electron chi connectivity index (χ1n) is 8.69. The molecule has 2 aliphatic rings. The molecule has 1 aliphatic heterocycles. The fourth-order valence-corrected chi connectivity index (χ4v) is 3.85. The number of benzene rings is 1. The molecule has 0 spiro atoms. The lowest BCUT2D eigenvalue weighted by Gasteiger charge is -2.36. The highest BCUT2D eigenvalue weighted by Crippen LogP contribution is 2.46. The third kappa shape index (κ3) is 2.30. The summed E-state index contributed by atoms with van der Waals surface area (Å²) >= 11 is 0. The van der Waals surface area contributed by atoms with Crippen LogP contribution >= 0.6 is 0 Å². The van der Waals surface area contributed by atoms with E-state index in [0.29, 0.717) is 0 Å². The van der Waals surface area contributed by atoms with Crippen LogP contribution in [0.3, 0.4) is 0 Å². The van der Waals surface area contributed by atoms with Crippen LogP contribution in [0, 0.1) is 5.92 Å². The third-order valence-corrected chi connectivity index (χ3v) is 5.56. The van der Waals surface area contributed by atoms with Crippen molar-refractivity contribution in [1.82, 2.24) is 9.88 Å². The highest BCUT2D eigenvalue weighted by Gasteiger charge is 2.45. The second-order valence-corrected chi connectivity index (χ2v) is 7.18. The van der Waals surface area contributed by atoms with Crippen molar-refractivity contribution in [2.24, 2.45) is 10.9 Å². The minimum absolute atomic E-state index is 0.241. The van der Waals surface area contributed by atoms with Crippen LogP contribution in [-0.2, 0) is 0 Å². The van der Waals surface area contributed by atoms with Crippen molar-refractivity contribution in [2.45, 2.75) is 44.7 Å². The number of nitrogens with one attached hydrogen (secondary N) is 1. The molecule has 0 bridgehead atoms. The van der Waals surface area contributed by atoms with E-state index in [1.54, 1.807) is 0 Å². The number of aliphatic imine (C=N–C) groups is 1. The van der Waals surface area contributed by atoms with Crippen molar-refractivity contribution < 1.29 is 0 Å². The van der Waals surface area contributed by atoms with E-state index < -0.39 is 0 Å². The second kappa shape index (κ2) is 5.26. The van der Waals surface area contributed by atoms with Gasteiger partial charge in [-0.15, -0.1) is 0 Å². The fourth-order valence-electron chi connectivity index (χ4n) is 3.85. The Bertz CT molecular complexity index is 768. The van der Waals surface area contributed by atoms with Gasteiger partial charge in [-0.25, -0.2) is 0 Å². The summed E-state index contributed by atoms with van der Waals surface area (Å²) in [6.45, 7) is 9.88. The summed E-state index contributed by atoms with van der Waals surface area (Å²) in [6, 6.07) is 8.80. The minimum atomic E-state index is -0.241. The fraction of sp³-hybridized carbons (Fsp3) is 0.450. The van der Waals surface area contributed by atoms with Crippen molar-refractivity contribution in [3.63, 3.8) is 0 Å². The number of hydrogen-bond donors (Lipinski definition) is 1. The first-order valence-corrected chi connectivity index (χ1v) is 8.69. The van der Waals surface area contributed by atoms with E-state index in [-0.39, 0.29) is 11.6 Å². The molecule has 23 heavy (non-hydrogen) atoms. The average molecular weight is 307 g/mol. The lowest BCUT2D eigenvalue weighted by atomic mass is 9.80. The topological polar surface area (TPSA) is 31.4 Å². The van der Waals surface area contributed by atoms with Crippen molar-refractivity contribution in [2.75, 3.05) is 6.54 Å².